The van der Waals surface area contributed by atoms with Gasteiger partial charge in [0.05, 0.1) is 5.92 Å². The highest BCUT2D eigenvalue weighted by Crippen LogP contribution is 2.64. The fraction of sp³-hybridized carbons (Fsp3) is 0.818. The third kappa shape index (κ3) is 2.80. The third-order valence-corrected chi connectivity index (χ3v) is 7.32. The molecule has 0 radical (unpaired) electrons. The molecular formula is C22H35N3O. The van der Waals surface area contributed by atoms with Gasteiger partial charge in [0.1, 0.15) is 0 Å². The van der Waals surface area contributed by atoms with Crippen LogP contribution in [0.5, 0.6) is 0 Å². The lowest BCUT2D eigenvalue weighted by atomic mass is 9.58. The minimum atomic E-state index is 0.0668. The molecule has 1 aromatic rings. The van der Waals surface area contributed by atoms with Crippen LogP contribution in [0.1, 0.15) is 78.0 Å². The number of carbonyl (C=O) groups excluding carboxylic acids is 1. The second kappa shape index (κ2) is 6.69. The molecule has 1 saturated heterocycles. The van der Waals surface area contributed by atoms with Crippen molar-refractivity contribution in [1.29, 1.82) is 0 Å². The monoisotopic (exact) mass is 357 g/mol. The number of nitrogens with zero attached hydrogens (tertiary/aromatic N) is 3. The predicted molar refractivity (Wildman–Crippen MR) is 104 cm³/mol. The first-order valence-electron chi connectivity index (χ1n) is 10.7. The second-order valence-corrected chi connectivity index (χ2v) is 9.79. The van der Waals surface area contributed by atoms with Gasteiger partial charge in [0.15, 0.2) is 0 Å². The second-order valence-electron chi connectivity index (χ2n) is 9.79. The quantitative estimate of drug-likeness (QED) is 0.782. The zero-order valence-corrected chi connectivity index (χ0v) is 16.9. The summed E-state index contributed by atoms with van der Waals surface area (Å²) in [5, 5.41) is 4.57. The number of rotatable bonds is 5. The first-order valence-corrected chi connectivity index (χ1v) is 10.7. The lowest BCUT2D eigenvalue weighted by Gasteiger charge is -2.49. The van der Waals surface area contributed by atoms with Gasteiger partial charge in [-0.1, -0.05) is 13.8 Å². The summed E-state index contributed by atoms with van der Waals surface area (Å²) >= 11 is 0. The molecule has 3 aliphatic carbocycles. The van der Waals surface area contributed by atoms with Crippen LogP contribution in [0.3, 0.4) is 0 Å². The van der Waals surface area contributed by atoms with Crippen molar-refractivity contribution in [3.05, 3.63) is 18.0 Å². The predicted octanol–water partition coefficient (Wildman–Crippen LogP) is 4.42. The van der Waals surface area contributed by atoms with Gasteiger partial charge in [0.25, 0.3) is 0 Å². The van der Waals surface area contributed by atoms with Crippen molar-refractivity contribution in [2.24, 2.45) is 23.7 Å². The molecule has 0 N–H and O–H groups in total. The van der Waals surface area contributed by atoms with Crippen molar-refractivity contribution in [1.82, 2.24) is 14.7 Å². The first-order chi connectivity index (χ1) is 12.4. The van der Waals surface area contributed by atoms with E-state index in [9.17, 15) is 4.79 Å². The van der Waals surface area contributed by atoms with Gasteiger partial charge in [-0.05, 0) is 76.2 Å². The molecule has 3 atom stereocenters. The normalized spacial score (nSPS) is 31.7. The molecule has 3 unspecified atom stereocenters. The van der Waals surface area contributed by atoms with E-state index >= 15 is 0 Å². The number of carbonyl (C=O) groups is 1. The fourth-order valence-electron chi connectivity index (χ4n) is 6.17. The Hall–Kier alpha value is -1.32. The van der Waals surface area contributed by atoms with E-state index in [0.29, 0.717) is 17.9 Å². The molecule has 144 valence electrons. The maximum Gasteiger partial charge on any atom is 0.226 e. The topological polar surface area (TPSA) is 38.1 Å². The van der Waals surface area contributed by atoms with Gasteiger partial charge >= 0.3 is 0 Å². The Kier molecular flexibility index (Phi) is 4.65. The van der Waals surface area contributed by atoms with Crippen LogP contribution in [-0.2, 0) is 10.2 Å². The summed E-state index contributed by atoms with van der Waals surface area (Å²) in [4.78, 5) is 15.6. The third-order valence-electron chi connectivity index (χ3n) is 7.32. The van der Waals surface area contributed by atoms with Crippen LogP contribution in [0.15, 0.2) is 12.3 Å². The Morgan fingerprint density at radius 3 is 2.58 bits per heavy atom. The summed E-state index contributed by atoms with van der Waals surface area (Å²) in [5.74, 6) is 2.83. The molecule has 1 amide bonds. The van der Waals surface area contributed by atoms with Crippen molar-refractivity contribution in [3.63, 3.8) is 0 Å². The highest BCUT2D eigenvalue weighted by atomic mass is 16.2. The zero-order chi connectivity index (χ0) is 18.5. The molecule has 4 nitrogen and oxygen atoms in total. The molecule has 0 spiro atoms. The van der Waals surface area contributed by atoms with E-state index in [0.717, 1.165) is 31.3 Å². The van der Waals surface area contributed by atoms with E-state index in [2.05, 4.69) is 48.4 Å². The molecule has 1 aromatic heterocycles. The Balaban J connectivity index is 1.48. The van der Waals surface area contributed by atoms with Crippen molar-refractivity contribution in [2.45, 2.75) is 77.7 Å². The van der Waals surface area contributed by atoms with Crippen molar-refractivity contribution in [3.8, 4) is 0 Å². The fourth-order valence-corrected chi connectivity index (χ4v) is 6.17. The SMILES string of the molecule is CC(C)CC1CCN(C(=O)C2C3CCC2(c2ccnn2C(C)C)C3)CC1. The maximum absolute atomic E-state index is 13.4. The molecule has 26 heavy (non-hydrogen) atoms. The molecular weight excluding hydrogens is 322 g/mol. The molecule has 4 aliphatic rings. The van der Waals surface area contributed by atoms with E-state index in [1.807, 2.05) is 6.20 Å². The number of aromatic nitrogens is 2. The summed E-state index contributed by atoms with van der Waals surface area (Å²) in [5.41, 5.74) is 1.38. The smallest absolute Gasteiger partial charge is 0.226 e. The van der Waals surface area contributed by atoms with Crippen LogP contribution in [-0.4, -0.2) is 33.7 Å². The van der Waals surface area contributed by atoms with Crippen molar-refractivity contribution >= 4 is 5.91 Å². The van der Waals surface area contributed by atoms with Gasteiger partial charge in [0, 0.05) is 36.4 Å². The van der Waals surface area contributed by atoms with Gasteiger partial charge in [-0.15, -0.1) is 0 Å². The van der Waals surface area contributed by atoms with Gasteiger partial charge in [0.2, 0.25) is 5.91 Å². The summed E-state index contributed by atoms with van der Waals surface area (Å²) in [6.07, 6.45) is 9.18. The highest BCUT2D eigenvalue weighted by Gasteiger charge is 2.64. The molecule has 2 bridgehead atoms. The Morgan fingerprint density at radius 1 is 1.23 bits per heavy atom. The maximum atomic E-state index is 13.4. The molecule has 2 heterocycles. The average molecular weight is 358 g/mol. The van der Waals surface area contributed by atoms with Crippen LogP contribution in [0.4, 0.5) is 0 Å². The average Bonchev–Trinajstić information content (AvgIpc) is 3.29. The van der Waals surface area contributed by atoms with E-state index < -0.39 is 0 Å². The number of likely N-dealkylation sites (tertiary alicyclic amines) is 1. The van der Waals surface area contributed by atoms with Gasteiger partial charge in [-0.2, -0.15) is 5.10 Å². The molecule has 1 aliphatic heterocycles. The minimum Gasteiger partial charge on any atom is -0.342 e. The molecule has 4 fully saturated rings. The van der Waals surface area contributed by atoms with Crippen LogP contribution in [0.2, 0.25) is 0 Å². The van der Waals surface area contributed by atoms with Crippen molar-refractivity contribution < 1.29 is 4.79 Å². The van der Waals surface area contributed by atoms with E-state index in [1.165, 1.54) is 37.8 Å². The number of hydrogen-bond donors (Lipinski definition) is 0. The van der Waals surface area contributed by atoms with Crippen LogP contribution < -0.4 is 0 Å². The zero-order valence-electron chi connectivity index (χ0n) is 16.9. The van der Waals surface area contributed by atoms with Crippen LogP contribution in [0, 0.1) is 23.7 Å². The highest BCUT2D eigenvalue weighted by molar-refractivity contribution is 5.83. The Labute approximate surface area is 158 Å². The summed E-state index contributed by atoms with van der Waals surface area (Å²) in [6.45, 7) is 10.9. The minimum absolute atomic E-state index is 0.0668. The Morgan fingerprint density at radius 2 is 1.96 bits per heavy atom. The molecule has 0 aromatic carbocycles. The van der Waals surface area contributed by atoms with Gasteiger partial charge in [-0.3, -0.25) is 9.48 Å². The number of amides is 1. The van der Waals surface area contributed by atoms with Crippen LogP contribution in [0.25, 0.3) is 0 Å². The van der Waals surface area contributed by atoms with Gasteiger partial charge in [-0.25, -0.2) is 0 Å². The largest absolute Gasteiger partial charge is 0.342 e. The lowest BCUT2D eigenvalue weighted by Crippen LogP contribution is -2.55. The molecule has 3 saturated carbocycles. The molecule has 5 rings (SSSR count). The van der Waals surface area contributed by atoms with E-state index in [1.54, 1.807) is 0 Å². The van der Waals surface area contributed by atoms with Crippen LogP contribution >= 0.6 is 0 Å². The number of piperidine rings is 1. The summed E-state index contributed by atoms with van der Waals surface area (Å²) < 4.78 is 2.16. The number of hydrogen-bond acceptors (Lipinski definition) is 2. The standard InChI is InChI=1S/C22H35N3O/c1-15(2)13-17-7-11-24(12-8-17)21(26)20-18-5-9-22(20,14-18)19-6-10-23-25(19)16(3)4/h6,10,15-18,20H,5,7-9,11-14H2,1-4H3. The molecule has 4 heteroatoms. The van der Waals surface area contributed by atoms with Gasteiger partial charge < -0.3 is 4.90 Å². The Bertz CT molecular complexity index is 652. The lowest BCUT2D eigenvalue weighted by molar-refractivity contribution is -0.145. The van der Waals surface area contributed by atoms with E-state index in [4.69, 9.17) is 0 Å². The summed E-state index contributed by atoms with van der Waals surface area (Å²) in [6, 6.07) is 2.54. The first kappa shape index (κ1) is 18.1. The van der Waals surface area contributed by atoms with E-state index in [-0.39, 0.29) is 11.3 Å². The summed E-state index contributed by atoms with van der Waals surface area (Å²) in [7, 11) is 0. The van der Waals surface area contributed by atoms with Crippen molar-refractivity contribution in [2.75, 3.05) is 13.1 Å². The number of fused-ring (bicyclic) bond motifs is 1.